The molecule has 1 aliphatic carbocycles. The largest absolute Gasteiger partial charge is 0.493 e. The zero-order chi connectivity index (χ0) is 19.0. The van der Waals surface area contributed by atoms with Crippen LogP contribution in [0.2, 0.25) is 0 Å². The highest BCUT2D eigenvalue weighted by Gasteiger charge is 2.23. The van der Waals surface area contributed by atoms with Crippen LogP contribution in [-0.4, -0.2) is 24.2 Å². The van der Waals surface area contributed by atoms with Crippen molar-refractivity contribution in [3.8, 4) is 11.5 Å². The summed E-state index contributed by atoms with van der Waals surface area (Å²) in [5, 5.41) is 4.46. The van der Waals surface area contributed by atoms with Crippen LogP contribution in [0.15, 0.2) is 36.4 Å². The lowest BCUT2D eigenvalue weighted by molar-refractivity contribution is 0.356. The van der Waals surface area contributed by atoms with Gasteiger partial charge in [0.1, 0.15) is 11.6 Å². The fourth-order valence-corrected chi connectivity index (χ4v) is 3.44. The first kappa shape index (κ1) is 17.6. The van der Waals surface area contributed by atoms with E-state index in [1.165, 1.54) is 24.0 Å². The van der Waals surface area contributed by atoms with Crippen LogP contribution in [0.25, 0.3) is 10.9 Å². The summed E-state index contributed by atoms with van der Waals surface area (Å²) < 4.78 is 10.9. The van der Waals surface area contributed by atoms with E-state index in [0.29, 0.717) is 17.3 Å². The number of fused-ring (bicyclic) bond motifs is 1. The van der Waals surface area contributed by atoms with E-state index < -0.39 is 0 Å². The Balaban J connectivity index is 1.67. The molecule has 1 aliphatic rings. The number of nitrogens with zero attached hydrogens (tertiary/aromatic N) is 2. The molecule has 1 saturated carbocycles. The van der Waals surface area contributed by atoms with Crippen molar-refractivity contribution in [2.24, 2.45) is 0 Å². The quantitative estimate of drug-likeness (QED) is 0.667. The van der Waals surface area contributed by atoms with E-state index in [4.69, 9.17) is 9.47 Å². The van der Waals surface area contributed by atoms with Gasteiger partial charge in [0, 0.05) is 17.5 Å². The van der Waals surface area contributed by atoms with Gasteiger partial charge >= 0.3 is 0 Å². The van der Waals surface area contributed by atoms with Crippen LogP contribution < -0.4 is 14.8 Å². The fraction of sp³-hybridized carbons (Fsp3) is 0.364. The Kier molecular flexibility index (Phi) is 4.60. The zero-order valence-corrected chi connectivity index (χ0v) is 16.2. The molecule has 4 rings (SSSR count). The highest BCUT2D eigenvalue weighted by molar-refractivity contribution is 5.92. The second kappa shape index (κ2) is 7.06. The first-order chi connectivity index (χ1) is 13.1. The first-order valence-corrected chi connectivity index (χ1v) is 9.36. The van der Waals surface area contributed by atoms with Gasteiger partial charge in [-0.2, -0.15) is 0 Å². The average molecular weight is 363 g/mol. The van der Waals surface area contributed by atoms with E-state index in [9.17, 15) is 0 Å². The molecule has 1 N–H and O–H groups in total. The van der Waals surface area contributed by atoms with Gasteiger partial charge in [-0.15, -0.1) is 0 Å². The summed E-state index contributed by atoms with van der Waals surface area (Å²) in [6.45, 7) is 4.05. The SMILES string of the molecule is COc1cc2nc(C)nc(NC(C)c3ccc(C4CC4)cc3)c2cc1OC. The Morgan fingerprint density at radius 2 is 1.67 bits per heavy atom. The minimum absolute atomic E-state index is 0.129. The van der Waals surface area contributed by atoms with Gasteiger partial charge < -0.3 is 14.8 Å². The standard InChI is InChI=1S/C22H25N3O2/c1-13(15-5-7-16(8-6-15)17-9-10-17)23-22-18-11-20(26-3)21(27-4)12-19(18)24-14(2)25-22/h5-8,11-13,17H,9-10H2,1-4H3,(H,23,24,25). The Hall–Kier alpha value is -2.82. The summed E-state index contributed by atoms with van der Waals surface area (Å²) in [5.41, 5.74) is 3.52. The molecule has 0 spiro atoms. The number of aromatic nitrogens is 2. The first-order valence-electron chi connectivity index (χ1n) is 9.36. The Morgan fingerprint density at radius 1 is 1.00 bits per heavy atom. The third-order valence-corrected chi connectivity index (χ3v) is 5.15. The summed E-state index contributed by atoms with van der Waals surface area (Å²) in [6, 6.07) is 12.9. The Morgan fingerprint density at radius 3 is 2.30 bits per heavy atom. The summed E-state index contributed by atoms with van der Waals surface area (Å²) in [4.78, 5) is 9.19. The lowest BCUT2D eigenvalue weighted by Gasteiger charge is -2.18. The van der Waals surface area contributed by atoms with Crippen molar-refractivity contribution in [3.05, 3.63) is 53.3 Å². The molecule has 1 unspecified atom stereocenters. The van der Waals surface area contributed by atoms with Gasteiger partial charge in [-0.1, -0.05) is 24.3 Å². The van der Waals surface area contributed by atoms with Gasteiger partial charge in [0.05, 0.1) is 19.7 Å². The Labute approximate surface area is 159 Å². The fourth-order valence-electron chi connectivity index (χ4n) is 3.44. The Bertz CT molecular complexity index is 965. The second-order valence-corrected chi connectivity index (χ2v) is 7.15. The maximum Gasteiger partial charge on any atom is 0.162 e. The lowest BCUT2D eigenvalue weighted by atomic mass is 10.0. The van der Waals surface area contributed by atoms with E-state index in [2.05, 4.69) is 46.5 Å². The molecule has 1 aromatic heterocycles. The molecule has 1 heterocycles. The normalized spacial score (nSPS) is 14.8. The molecule has 5 heteroatoms. The summed E-state index contributed by atoms with van der Waals surface area (Å²) in [7, 11) is 3.26. The molecule has 0 aliphatic heterocycles. The molecular formula is C22H25N3O2. The molecule has 2 aromatic carbocycles. The molecule has 1 fully saturated rings. The van der Waals surface area contributed by atoms with E-state index in [0.717, 1.165) is 22.6 Å². The molecule has 3 aromatic rings. The van der Waals surface area contributed by atoms with Crippen molar-refractivity contribution in [2.45, 2.75) is 38.6 Å². The van der Waals surface area contributed by atoms with Crippen molar-refractivity contribution < 1.29 is 9.47 Å². The molecule has 0 radical (unpaired) electrons. The predicted octanol–water partition coefficient (Wildman–Crippen LogP) is 5.01. The maximum atomic E-state index is 5.45. The van der Waals surface area contributed by atoms with Crippen molar-refractivity contribution in [3.63, 3.8) is 0 Å². The third-order valence-electron chi connectivity index (χ3n) is 5.15. The molecule has 27 heavy (non-hydrogen) atoms. The van der Waals surface area contributed by atoms with Crippen LogP contribution in [0.3, 0.4) is 0 Å². The number of ether oxygens (including phenoxy) is 2. The van der Waals surface area contributed by atoms with Crippen molar-refractivity contribution in [1.29, 1.82) is 0 Å². The van der Waals surface area contributed by atoms with Crippen LogP contribution in [0, 0.1) is 6.92 Å². The summed E-state index contributed by atoms with van der Waals surface area (Å²) in [6.07, 6.45) is 2.65. The van der Waals surface area contributed by atoms with Gasteiger partial charge in [0.25, 0.3) is 0 Å². The summed E-state index contributed by atoms with van der Waals surface area (Å²) in [5.74, 6) is 3.63. The van der Waals surface area contributed by atoms with Crippen LogP contribution in [0.5, 0.6) is 11.5 Å². The lowest BCUT2D eigenvalue weighted by Crippen LogP contribution is -2.10. The third kappa shape index (κ3) is 3.54. The van der Waals surface area contributed by atoms with Crippen molar-refractivity contribution >= 4 is 16.7 Å². The van der Waals surface area contributed by atoms with Gasteiger partial charge in [0.2, 0.25) is 0 Å². The van der Waals surface area contributed by atoms with Gasteiger partial charge in [-0.25, -0.2) is 9.97 Å². The number of methoxy groups -OCH3 is 2. The zero-order valence-electron chi connectivity index (χ0n) is 16.2. The number of anilines is 1. The number of hydrogen-bond donors (Lipinski definition) is 1. The molecule has 0 saturated heterocycles. The van der Waals surface area contributed by atoms with Crippen LogP contribution in [-0.2, 0) is 0 Å². The minimum atomic E-state index is 0.129. The highest BCUT2D eigenvalue weighted by Crippen LogP contribution is 2.40. The highest BCUT2D eigenvalue weighted by atomic mass is 16.5. The number of nitrogens with one attached hydrogen (secondary N) is 1. The van der Waals surface area contributed by atoms with E-state index in [1.807, 2.05) is 19.1 Å². The van der Waals surface area contributed by atoms with Crippen molar-refractivity contribution in [1.82, 2.24) is 9.97 Å². The monoisotopic (exact) mass is 363 g/mol. The molecular weight excluding hydrogens is 338 g/mol. The predicted molar refractivity (Wildman–Crippen MR) is 108 cm³/mol. The van der Waals surface area contributed by atoms with E-state index >= 15 is 0 Å². The summed E-state index contributed by atoms with van der Waals surface area (Å²) >= 11 is 0. The molecule has 1 atom stereocenters. The smallest absolute Gasteiger partial charge is 0.162 e. The molecule has 140 valence electrons. The van der Waals surface area contributed by atoms with Crippen molar-refractivity contribution in [2.75, 3.05) is 19.5 Å². The van der Waals surface area contributed by atoms with Gasteiger partial charge in [-0.3, -0.25) is 0 Å². The van der Waals surface area contributed by atoms with Crippen LogP contribution in [0.1, 0.15) is 48.7 Å². The number of rotatable bonds is 6. The number of hydrogen-bond acceptors (Lipinski definition) is 5. The topological polar surface area (TPSA) is 56.3 Å². The molecule has 0 bridgehead atoms. The molecule has 0 amide bonds. The van der Waals surface area contributed by atoms with E-state index in [1.54, 1.807) is 14.2 Å². The van der Waals surface area contributed by atoms with E-state index in [-0.39, 0.29) is 6.04 Å². The maximum absolute atomic E-state index is 5.45. The number of aryl methyl sites for hydroxylation is 1. The average Bonchev–Trinajstić information content (AvgIpc) is 3.52. The minimum Gasteiger partial charge on any atom is -0.493 e. The second-order valence-electron chi connectivity index (χ2n) is 7.15. The number of benzene rings is 2. The molecule has 5 nitrogen and oxygen atoms in total. The van der Waals surface area contributed by atoms with Gasteiger partial charge in [-0.05, 0) is 49.8 Å². The van der Waals surface area contributed by atoms with Crippen LogP contribution >= 0.6 is 0 Å². The van der Waals surface area contributed by atoms with Crippen LogP contribution in [0.4, 0.5) is 5.82 Å². The van der Waals surface area contributed by atoms with Gasteiger partial charge in [0.15, 0.2) is 11.5 Å².